The van der Waals surface area contributed by atoms with Gasteiger partial charge in [0.25, 0.3) is 11.7 Å². The Bertz CT molecular complexity index is 887. The van der Waals surface area contributed by atoms with Crippen LogP contribution in [0.4, 0.5) is 4.39 Å². The van der Waals surface area contributed by atoms with Crippen LogP contribution < -0.4 is 0 Å². The Morgan fingerprint density at radius 3 is 2.33 bits per heavy atom. The number of aliphatic hydroxyl groups is 1. The summed E-state index contributed by atoms with van der Waals surface area (Å²) in [4.78, 5) is 26.6. The third-order valence-electron chi connectivity index (χ3n) is 4.59. The highest BCUT2D eigenvalue weighted by Gasteiger charge is 2.45. The quantitative estimate of drug-likeness (QED) is 0.499. The molecule has 1 amide bonds. The van der Waals surface area contributed by atoms with Gasteiger partial charge in [-0.2, -0.15) is 0 Å². The molecule has 1 N–H and O–H groups in total. The number of benzene rings is 2. The Kier molecular flexibility index (Phi) is 5.37. The predicted molar refractivity (Wildman–Crippen MR) is 98.5 cm³/mol. The maximum Gasteiger partial charge on any atom is 0.295 e. The normalized spacial score (nSPS) is 18.9. The van der Waals surface area contributed by atoms with Crippen molar-refractivity contribution < 1.29 is 23.8 Å². The second-order valence-electron chi connectivity index (χ2n) is 6.40. The number of hydrogen-bond acceptors (Lipinski definition) is 4. The zero-order valence-corrected chi connectivity index (χ0v) is 15.1. The van der Waals surface area contributed by atoms with E-state index in [-0.39, 0.29) is 24.5 Å². The van der Waals surface area contributed by atoms with Crippen LogP contribution in [0.1, 0.15) is 22.7 Å². The van der Waals surface area contributed by atoms with Gasteiger partial charge in [0.2, 0.25) is 0 Å². The second-order valence-corrected chi connectivity index (χ2v) is 6.40. The molecule has 0 aromatic heterocycles. The number of aryl methyl sites for hydroxylation is 1. The lowest BCUT2D eigenvalue weighted by molar-refractivity contribution is -0.140. The molecule has 0 aliphatic carbocycles. The molecule has 1 fully saturated rings. The minimum atomic E-state index is -0.804. The maximum atomic E-state index is 13.4. The van der Waals surface area contributed by atoms with Crippen molar-refractivity contribution in [2.75, 3.05) is 20.3 Å². The number of likely N-dealkylation sites (tertiary alicyclic amines) is 1. The Labute approximate surface area is 156 Å². The van der Waals surface area contributed by atoms with Gasteiger partial charge in [0.15, 0.2) is 0 Å². The van der Waals surface area contributed by atoms with E-state index in [9.17, 15) is 19.1 Å². The number of ether oxygens (including phenoxy) is 1. The predicted octanol–water partition coefficient (Wildman–Crippen LogP) is 3.20. The number of carbonyl (C=O) groups is 2. The van der Waals surface area contributed by atoms with Gasteiger partial charge >= 0.3 is 0 Å². The van der Waals surface area contributed by atoms with E-state index in [1.165, 1.54) is 36.3 Å². The van der Waals surface area contributed by atoms with E-state index in [0.29, 0.717) is 11.1 Å². The average molecular weight is 369 g/mol. The highest BCUT2D eigenvalue weighted by atomic mass is 19.1. The van der Waals surface area contributed by atoms with Crippen molar-refractivity contribution in [2.24, 2.45) is 0 Å². The van der Waals surface area contributed by atoms with Crippen LogP contribution >= 0.6 is 0 Å². The van der Waals surface area contributed by atoms with E-state index in [0.717, 1.165) is 5.56 Å². The van der Waals surface area contributed by atoms with Crippen LogP contribution in [0.15, 0.2) is 54.1 Å². The molecule has 5 nitrogen and oxygen atoms in total. The number of methoxy groups -OCH3 is 1. The number of nitrogens with zero attached hydrogens (tertiary/aromatic N) is 1. The van der Waals surface area contributed by atoms with E-state index < -0.39 is 23.5 Å². The van der Waals surface area contributed by atoms with E-state index in [4.69, 9.17) is 4.74 Å². The molecule has 1 heterocycles. The van der Waals surface area contributed by atoms with Gasteiger partial charge in [-0.15, -0.1) is 0 Å². The van der Waals surface area contributed by atoms with Gasteiger partial charge in [0.1, 0.15) is 11.6 Å². The molecule has 3 rings (SSSR count). The fourth-order valence-electron chi connectivity index (χ4n) is 3.16. The first-order chi connectivity index (χ1) is 12.9. The molecule has 0 saturated carbocycles. The molecule has 1 aliphatic heterocycles. The number of halogens is 1. The van der Waals surface area contributed by atoms with Crippen LogP contribution in [0.5, 0.6) is 0 Å². The molecule has 6 heteroatoms. The minimum Gasteiger partial charge on any atom is -0.507 e. The van der Waals surface area contributed by atoms with Crippen molar-refractivity contribution in [3.8, 4) is 0 Å². The van der Waals surface area contributed by atoms with Gasteiger partial charge in [-0.3, -0.25) is 9.59 Å². The molecule has 1 aliphatic rings. The molecule has 0 spiro atoms. The highest BCUT2D eigenvalue weighted by molar-refractivity contribution is 6.46. The number of aliphatic hydroxyl groups excluding tert-OH is 1. The van der Waals surface area contributed by atoms with Gasteiger partial charge in [-0.25, -0.2) is 4.39 Å². The number of amides is 1. The van der Waals surface area contributed by atoms with Crippen molar-refractivity contribution in [3.63, 3.8) is 0 Å². The van der Waals surface area contributed by atoms with Crippen molar-refractivity contribution in [2.45, 2.75) is 13.0 Å². The Hall–Kier alpha value is -2.99. The van der Waals surface area contributed by atoms with Gasteiger partial charge in [-0.1, -0.05) is 42.0 Å². The van der Waals surface area contributed by atoms with Crippen LogP contribution in [0.3, 0.4) is 0 Å². The summed E-state index contributed by atoms with van der Waals surface area (Å²) < 4.78 is 18.4. The second kappa shape index (κ2) is 7.72. The average Bonchev–Trinajstić information content (AvgIpc) is 2.91. The number of carbonyl (C=O) groups excluding carboxylic acids is 2. The zero-order chi connectivity index (χ0) is 19.6. The molecular formula is C21H20FNO4. The smallest absolute Gasteiger partial charge is 0.295 e. The van der Waals surface area contributed by atoms with Crippen molar-refractivity contribution in [1.29, 1.82) is 0 Å². The van der Waals surface area contributed by atoms with Gasteiger partial charge in [0.05, 0.1) is 18.2 Å². The summed E-state index contributed by atoms with van der Waals surface area (Å²) in [7, 11) is 1.50. The molecule has 0 radical (unpaired) electrons. The summed E-state index contributed by atoms with van der Waals surface area (Å²) in [6.07, 6.45) is 0. The maximum absolute atomic E-state index is 13.4. The van der Waals surface area contributed by atoms with E-state index >= 15 is 0 Å². The summed E-state index contributed by atoms with van der Waals surface area (Å²) in [6, 6.07) is 11.7. The monoisotopic (exact) mass is 369 g/mol. The van der Waals surface area contributed by atoms with Crippen molar-refractivity contribution >= 4 is 17.4 Å². The third kappa shape index (κ3) is 3.61. The molecule has 0 unspecified atom stereocenters. The molecule has 27 heavy (non-hydrogen) atoms. The van der Waals surface area contributed by atoms with E-state index in [1.54, 1.807) is 12.1 Å². The topological polar surface area (TPSA) is 66.8 Å². The summed E-state index contributed by atoms with van der Waals surface area (Å²) >= 11 is 0. The van der Waals surface area contributed by atoms with Crippen LogP contribution in [0, 0.1) is 12.7 Å². The fraction of sp³-hybridized carbons (Fsp3) is 0.238. The summed E-state index contributed by atoms with van der Waals surface area (Å²) in [6.45, 7) is 2.31. The summed E-state index contributed by atoms with van der Waals surface area (Å²) in [5.74, 6) is -2.15. The number of ketones is 1. The van der Waals surface area contributed by atoms with Crippen LogP contribution in [-0.4, -0.2) is 42.0 Å². The molecular weight excluding hydrogens is 349 g/mol. The molecule has 0 bridgehead atoms. The zero-order valence-electron chi connectivity index (χ0n) is 15.1. The Morgan fingerprint density at radius 1 is 1.11 bits per heavy atom. The highest BCUT2D eigenvalue weighted by Crippen LogP contribution is 2.39. The van der Waals surface area contributed by atoms with E-state index in [2.05, 4.69) is 0 Å². The third-order valence-corrected chi connectivity index (χ3v) is 4.59. The van der Waals surface area contributed by atoms with Crippen LogP contribution in [-0.2, 0) is 14.3 Å². The Balaban J connectivity index is 2.14. The molecule has 1 atom stereocenters. The number of rotatable bonds is 5. The standard InChI is InChI=1S/C21H20FNO4/c1-13-3-5-15(6-4-13)19(24)17-18(14-7-9-16(22)10-8-14)23(11-12-27-2)21(26)20(17)25/h3-10,18,24H,11-12H2,1-2H3/b19-17+/t18-/m0/s1. The van der Waals surface area contributed by atoms with Gasteiger partial charge in [0, 0.05) is 19.2 Å². The SMILES string of the molecule is COCCN1C(=O)C(=O)/C(=C(/O)c2ccc(C)cc2)[C@@H]1c1ccc(F)cc1. The minimum absolute atomic E-state index is 0.00781. The van der Waals surface area contributed by atoms with Crippen LogP contribution in [0.25, 0.3) is 5.76 Å². The lowest BCUT2D eigenvalue weighted by Crippen LogP contribution is -2.32. The van der Waals surface area contributed by atoms with Crippen molar-refractivity contribution in [3.05, 3.63) is 76.6 Å². The first-order valence-corrected chi connectivity index (χ1v) is 8.54. The molecule has 2 aromatic carbocycles. The number of Topliss-reactive ketones (excluding diaryl/α,β-unsaturated/α-hetero) is 1. The lowest BCUT2D eigenvalue weighted by atomic mass is 9.95. The van der Waals surface area contributed by atoms with Gasteiger partial charge in [-0.05, 0) is 24.6 Å². The van der Waals surface area contributed by atoms with Gasteiger partial charge < -0.3 is 14.7 Å². The van der Waals surface area contributed by atoms with Crippen molar-refractivity contribution in [1.82, 2.24) is 4.90 Å². The first-order valence-electron chi connectivity index (χ1n) is 8.54. The number of hydrogen-bond donors (Lipinski definition) is 1. The lowest BCUT2D eigenvalue weighted by Gasteiger charge is -2.25. The molecule has 140 valence electrons. The van der Waals surface area contributed by atoms with E-state index in [1.807, 2.05) is 19.1 Å². The largest absolute Gasteiger partial charge is 0.507 e. The first kappa shape index (κ1) is 18.8. The molecule has 2 aromatic rings. The van der Waals surface area contributed by atoms with Crippen LogP contribution in [0.2, 0.25) is 0 Å². The summed E-state index contributed by atoms with van der Waals surface area (Å²) in [5, 5.41) is 10.8. The summed E-state index contributed by atoms with van der Waals surface area (Å²) in [5.41, 5.74) is 1.98. The Morgan fingerprint density at radius 2 is 1.74 bits per heavy atom. The fourth-order valence-corrected chi connectivity index (χ4v) is 3.16. The molecule has 1 saturated heterocycles.